The van der Waals surface area contributed by atoms with Crippen molar-refractivity contribution in [3.63, 3.8) is 0 Å². The van der Waals surface area contributed by atoms with Gasteiger partial charge in [0.1, 0.15) is 5.76 Å². The van der Waals surface area contributed by atoms with E-state index in [1.54, 1.807) is 44.6 Å². The highest BCUT2D eigenvalue weighted by Crippen LogP contribution is 2.22. The molecule has 1 unspecified atom stereocenters. The Morgan fingerprint density at radius 3 is 2.91 bits per heavy atom. The molecule has 0 saturated heterocycles. The summed E-state index contributed by atoms with van der Waals surface area (Å²) in [5.74, 6) is 0.408. The van der Waals surface area contributed by atoms with Gasteiger partial charge in [0, 0.05) is 7.11 Å². The smallest absolute Gasteiger partial charge is 0.189 e. The van der Waals surface area contributed by atoms with E-state index in [9.17, 15) is 4.79 Å². The standard InChI is InChI=1S/C18H17NO3/c1-21-15-7-9-18(22-2)16(11-15)17(20)8-6-13-4-3-5-14(10-13)12-19/h3-6,8-11,15H,7H2,1-2H3/b8-6+. The Morgan fingerprint density at radius 1 is 1.41 bits per heavy atom. The van der Waals surface area contributed by atoms with Crippen molar-refractivity contribution in [1.29, 1.82) is 5.26 Å². The maximum absolute atomic E-state index is 12.4. The van der Waals surface area contributed by atoms with Crippen LogP contribution in [0.25, 0.3) is 6.08 Å². The van der Waals surface area contributed by atoms with Crippen LogP contribution in [0.15, 0.2) is 53.8 Å². The molecule has 0 spiro atoms. The first kappa shape index (κ1) is 15.7. The Morgan fingerprint density at radius 2 is 2.23 bits per heavy atom. The first-order valence-corrected chi connectivity index (χ1v) is 6.89. The second-order valence-electron chi connectivity index (χ2n) is 4.80. The van der Waals surface area contributed by atoms with Crippen molar-refractivity contribution in [2.75, 3.05) is 14.2 Å². The highest BCUT2D eigenvalue weighted by molar-refractivity contribution is 6.09. The predicted octanol–water partition coefficient (Wildman–Crippen LogP) is 3.02. The number of nitriles is 1. The van der Waals surface area contributed by atoms with E-state index in [4.69, 9.17) is 14.7 Å². The van der Waals surface area contributed by atoms with Gasteiger partial charge in [-0.25, -0.2) is 0 Å². The summed E-state index contributed by atoms with van der Waals surface area (Å²) < 4.78 is 10.5. The summed E-state index contributed by atoms with van der Waals surface area (Å²) in [5.41, 5.74) is 1.85. The van der Waals surface area contributed by atoms with Gasteiger partial charge in [0.15, 0.2) is 5.78 Å². The van der Waals surface area contributed by atoms with E-state index in [1.165, 1.54) is 6.08 Å². The molecule has 0 aliphatic heterocycles. The fraction of sp³-hybridized carbons (Fsp3) is 0.222. The molecule has 0 fully saturated rings. The zero-order valence-electron chi connectivity index (χ0n) is 12.6. The molecule has 4 heteroatoms. The third kappa shape index (κ3) is 3.72. The lowest BCUT2D eigenvalue weighted by atomic mass is 9.98. The number of benzene rings is 1. The van der Waals surface area contributed by atoms with Crippen molar-refractivity contribution in [3.05, 3.63) is 65.0 Å². The Hall–Kier alpha value is -2.64. The molecule has 1 aromatic carbocycles. The Kier molecular flexibility index (Phi) is 5.29. The van der Waals surface area contributed by atoms with E-state index in [0.717, 1.165) is 5.56 Å². The fourth-order valence-electron chi connectivity index (χ4n) is 2.20. The Bertz CT molecular complexity index is 693. The molecule has 0 radical (unpaired) electrons. The summed E-state index contributed by atoms with van der Waals surface area (Å²) in [7, 11) is 3.15. The van der Waals surface area contributed by atoms with Crippen molar-refractivity contribution in [3.8, 4) is 6.07 Å². The van der Waals surface area contributed by atoms with Gasteiger partial charge in [0.2, 0.25) is 0 Å². The molecular weight excluding hydrogens is 278 g/mol. The number of methoxy groups -OCH3 is 2. The molecule has 0 saturated carbocycles. The maximum Gasteiger partial charge on any atom is 0.189 e. The number of ketones is 1. The van der Waals surface area contributed by atoms with Gasteiger partial charge in [-0.1, -0.05) is 18.2 Å². The quantitative estimate of drug-likeness (QED) is 0.783. The number of carbonyl (C=O) groups is 1. The molecule has 0 aromatic heterocycles. The maximum atomic E-state index is 12.4. The van der Waals surface area contributed by atoms with Crippen LogP contribution in [0.4, 0.5) is 0 Å². The third-order valence-electron chi connectivity index (χ3n) is 3.38. The minimum absolute atomic E-state index is 0.117. The van der Waals surface area contributed by atoms with Crippen molar-refractivity contribution in [2.24, 2.45) is 0 Å². The fourth-order valence-corrected chi connectivity index (χ4v) is 2.20. The van der Waals surface area contributed by atoms with Gasteiger partial charge in [-0.3, -0.25) is 4.79 Å². The number of nitrogens with zero attached hydrogens (tertiary/aromatic N) is 1. The van der Waals surface area contributed by atoms with Crippen LogP contribution >= 0.6 is 0 Å². The van der Waals surface area contributed by atoms with Crippen molar-refractivity contribution in [2.45, 2.75) is 12.5 Å². The molecule has 4 nitrogen and oxygen atoms in total. The van der Waals surface area contributed by atoms with Gasteiger partial charge in [-0.2, -0.15) is 5.26 Å². The largest absolute Gasteiger partial charge is 0.496 e. The van der Waals surface area contributed by atoms with Crippen LogP contribution in [0.2, 0.25) is 0 Å². The first-order valence-electron chi connectivity index (χ1n) is 6.89. The molecule has 0 bridgehead atoms. The van der Waals surface area contributed by atoms with E-state index in [-0.39, 0.29) is 11.9 Å². The van der Waals surface area contributed by atoms with Crippen LogP contribution in [-0.4, -0.2) is 26.1 Å². The minimum atomic E-state index is -0.155. The summed E-state index contributed by atoms with van der Waals surface area (Å²) in [6, 6.07) is 9.14. The molecular formula is C18H17NO3. The summed E-state index contributed by atoms with van der Waals surface area (Å²) in [5, 5.41) is 8.88. The average Bonchev–Trinajstić information content (AvgIpc) is 2.59. The van der Waals surface area contributed by atoms with Crippen LogP contribution in [0.3, 0.4) is 0 Å². The SMILES string of the molecule is COC1=CCC(OC)C=C1C(=O)/C=C/c1cccc(C#N)c1. The zero-order chi connectivity index (χ0) is 15.9. The highest BCUT2D eigenvalue weighted by atomic mass is 16.5. The molecule has 0 amide bonds. The first-order chi connectivity index (χ1) is 10.7. The van der Waals surface area contributed by atoms with Crippen molar-refractivity contribution >= 4 is 11.9 Å². The monoisotopic (exact) mass is 295 g/mol. The lowest BCUT2D eigenvalue weighted by Crippen LogP contribution is -2.16. The molecule has 1 aromatic rings. The lowest BCUT2D eigenvalue weighted by molar-refractivity contribution is -0.111. The summed E-state index contributed by atoms with van der Waals surface area (Å²) in [6.07, 6.45) is 7.36. The number of allylic oxidation sites excluding steroid dienone is 2. The van der Waals surface area contributed by atoms with Crippen LogP contribution in [0.5, 0.6) is 0 Å². The molecule has 0 heterocycles. The minimum Gasteiger partial charge on any atom is -0.496 e. The van der Waals surface area contributed by atoms with Crippen LogP contribution in [-0.2, 0) is 14.3 Å². The molecule has 2 rings (SSSR count). The molecule has 22 heavy (non-hydrogen) atoms. The molecule has 0 N–H and O–H groups in total. The predicted molar refractivity (Wildman–Crippen MR) is 83.8 cm³/mol. The van der Waals surface area contributed by atoms with Crippen molar-refractivity contribution in [1.82, 2.24) is 0 Å². The number of carbonyl (C=O) groups excluding carboxylic acids is 1. The molecule has 112 valence electrons. The average molecular weight is 295 g/mol. The summed E-state index contributed by atoms with van der Waals surface area (Å²) in [4.78, 5) is 12.4. The van der Waals surface area contributed by atoms with Gasteiger partial charge in [0.05, 0.1) is 30.4 Å². The molecule has 1 aliphatic rings. The van der Waals surface area contributed by atoms with Crippen LogP contribution in [0.1, 0.15) is 17.5 Å². The number of ether oxygens (including phenoxy) is 2. The molecule has 1 atom stereocenters. The molecule has 1 aliphatic carbocycles. The topological polar surface area (TPSA) is 59.3 Å². The van der Waals surface area contributed by atoms with E-state index < -0.39 is 0 Å². The van der Waals surface area contributed by atoms with Gasteiger partial charge < -0.3 is 9.47 Å². The Labute approximate surface area is 130 Å². The number of rotatable bonds is 5. The normalized spacial score (nSPS) is 17.6. The van der Waals surface area contributed by atoms with Gasteiger partial charge in [0.25, 0.3) is 0 Å². The Balaban J connectivity index is 2.19. The van der Waals surface area contributed by atoms with E-state index in [2.05, 4.69) is 6.07 Å². The van der Waals surface area contributed by atoms with Crippen LogP contribution < -0.4 is 0 Å². The summed E-state index contributed by atoms with van der Waals surface area (Å²) >= 11 is 0. The third-order valence-corrected chi connectivity index (χ3v) is 3.38. The van der Waals surface area contributed by atoms with Gasteiger partial charge in [-0.15, -0.1) is 0 Å². The second-order valence-corrected chi connectivity index (χ2v) is 4.80. The van der Waals surface area contributed by atoms with Crippen molar-refractivity contribution < 1.29 is 14.3 Å². The van der Waals surface area contributed by atoms with E-state index in [0.29, 0.717) is 23.3 Å². The lowest BCUT2D eigenvalue weighted by Gasteiger charge is -2.18. The van der Waals surface area contributed by atoms with Gasteiger partial charge in [-0.05, 0) is 42.3 Å². The second kappa shape index (κ2) is 7.39. The van der Waals surface area contributed by atoms with Gasteiger partial charge >= 0.3 is 0 Å². The van der Waals surface area contributed by atoms with Crippen LogP contribution in [0, 0.1) is 11.3 Å². The number of hydrogen-bond donors (Lipinski definition) is 0. The number of hydrogen-bond acceptors (Lipinski definition) is 4. The summed E-state index contributed by atoms with van der Waals surface area (Å²) in [6.45, 7) is 0. The highest BCUT2D eigenvalue weighted by Gasteiger charge is 2.20. The van der Waals surface area contributed by atoms with E-state index in [1.807, 2.05) is 12.1 Å². The zero-order valence-corrected chi connectivity index (χ0v) is 12.6. The van der Waals surface area contributed by atoms with E-state index >= 15 is 0 Å².